The molecule has 0 N–H and O–H groups in total. The van der Waals surface area contributed by atoms with E-state index in [1.54, 1.807) is 0 Å². The standard InChI is InChI=1S/C16H13BrF2O/c1-2-10-3-5-11(6-4-10)9-14(20)12-7-8-13(18)16(19)15(12)17/h3-8H,2,9H2,1H3. The summed E-state index contributed by atoms with van der Waals surface area (Å²) in [7, 11) is 0. The van der Waals surface area contributed by atoms with Crippen molar-refractivity contribution in [3.05, 3.63) is 69.2 Å². The van der Waals surface area contributed by atoms with Gasteiger partial charge in [0.1, 0.15) is 0 Å². The molecule has 1 nitrogen and oxygen atoms in total. The molecule has 0 spiro atoms. The van der Waals surface area contributed by atoms with Crippen LogP contribution in [-0.2, 0) is 12.8 Å². The van der Waals surface area contributed by atoms with Gasteiger partial charge in [-0.2, -0.15) is 0 Å². The number of halogens is 3. The predicted octanol–water partition coefficient (Wildman–Crippen LogP) is 4.72. The van der Waals surface area contributed by atoms with Gasteiger partial charge in [0, 0.05) is 12.0 Å². The molecule has 0 aliphatic rings. The molecule has 0 aromatic heterocycles. The smallest absolute Gasteiger partial charge is 0.173 e. The van der Waals surface area contributed by atoms with Gasteiger partial charge in [0.2, 0.25) is 0 Å². The van der Waals surface area contributed by atoms with Crippen LogP contribution in [-0.4, -0.2) is 5.78 Å². The highest BCUT2D eigenvalue weighted by Crippen LogP contribution is 2.24. The van der Waals surface area contributed by atoms with E-state index in [1.165, 1.54) is 11.6 Å². The van der Waals surface area contributed by atoms with Gasteiger partial charge in [-0.05, 0) is 45.6 Å². The second-order valence-electron chi connectivity index (χ2n) is 4.49. The lowest BCUT2D eigenvalue weighted by atomic mass is 10.0. The van der Waals surface area contributed by atoms with E-state index in [-0.39, 0.29) is 22.2 Å². The monoisotopic (exact) mass is 338 g/mol. The Morgan fingerprint density at radius 3 is 2.25 bits per heavy atom. The lowest BCUT2D eigenvalue weighted by Gasteiger charge is -2.06. The second-order valence-corrected chi connectivity index (χ2v) is 5.29. The third-order valence-electron chi connectivity index (χ3n) is 3.13. The summed E-state index contributed by atoms with van der Waals surface area (Å²) in [5.74, 6) is -2.25. The van der Waals surface area contributed by atoms with Gasteiger partial charge in [0.15, 0.2) is 17.4 Å². The minimum atomic E-state index is -1.03. The zero-order valence-electron chi connectivity index (χ0n) is 10.9. The molecule has 2 rings (SSSR count). The largest absolute Gasteiger partial charge is 0.294 e. The van der Waals surface area contributed by atoms with Gasteiger partial charge in [-0.3, -0.25) is 4.79 Å². The topological polar surface area (TPSA) is 17.1 Å². The number of benzene rings is 2. The van der Waals surface area contributed by atoms with Gasteiger partial charge in [-0.1, -0.05) is 31.2 Å². The van der Waals surface area contributed by atoms with Crippen molar-refractivity contribution in [2.75, 3.05) is 0 Å². The Morgan fingerprint density at radius 1 is 1.05 bits per heavy atom. The van der Waals surface area contributed by atoms with Crippen LogP contribution in [0.3, 0.4) is 0 Å². The molecule has 0 saturated carbocycles. The van der Waals surface area contributed by atoms with Crippen molar-refractivity contribution < 1.29 is 13.6 Å². The van der Waals surface area contributed by atoms with Crippen molar-refractivity contribution in [2.24, 2.45) is 0 Å². The Hall–Kier alpha value is -1.55. The van der Waals surface area contributed by atoms with Crippen molar-refractivity contribution in [1.29, 1.82) is 0 Å². The summed E-state index contributed by atoms with van der Waals surface area (Å²) in [4.78, 5) is 12.1. The molecular formula is C16H13BrF2O. The van der Waals surface area contributed by atoms with Crippen molar-refractivity contribution in [1.82, 2.24) is 0 Å². The molecule has 0 saturated heterocycles. The third-order valence-corrected chi connectivity index (χ3v) is 3.91. The van der Waals surface area contributed by atoms with E-state index in [1.807, 2.05) is 24.3 Å². The Balaban J connectivity index is 2.21. The van der Waals surface area contributed by atoms with Gasteiger partial charge in [-0.15, -0.1) is 0 Å². The molecule has 0 radical (unpaired) electrons. The molecule has 0 amide bonds. The molecule has 0 heterocycles. The molecular weight excluding hydrogens is 326 g/mol. The highest BCUT2D eigenvalue weighted by Gasteiger charge is 2.16. The number of aryl methyl sites for hydroxylation is 1. The van der Waals surface area contributed by atoms with Crippen molar-refractivity contribution >= 4 is 21.7 Å². The second kappa shape index (κ2) is 6.27. The summed E-state index contributed by atoms with van der Waals surface area (Å²) in [6.07, 6.45) is 1.09. The number of rotatable bonds is 4. The molecule has 104 valence electrons. The number of ketones is 1. The average molecular weight is 339 g/mol. The zero-order valence-corrected chi connectivity index (χ0v) is 12.5. The van der Waals surface area contributed by atoms with E-state index in [2.05, 4.69) is 22.9 Å². The van der Waals surface area contributed by atoms with Gasteiger partial charge < -0.3 is 0 Å². The van der Waals surface area contributed by atoms with E-state index < -0.39 is 11.6 Å². The SMILES string of the molecule is CCc1ccc(CC(=O)c2ccc(F)c(F)c2Br)cc1. The minimum Gasteiger partial charge on any atom is -0.294 e. The average Bonchev–Trinajstić information content (AvgIpc) is 2.45. The Bertz CT molecular complexity index is 636. The van der Waals surface area contributed by atoms with Gasteiger partial charge >= 0.3 is 0 Å². The van der Waals surface area contributed by atoms with E-state index >= 15 is 0 Å². The molecule has 0 fully saturated rings. The minimum absolute atomic E-state index is 0.118. The summed E-state index contributed by atoms with van der Waals surface area (Å²) in [6, 6.07) is 9.94. The maximum absolute atomic E-state index is 13.4. The maximum atomic E-state index is 13.4. The zero-order chi connectivity index (χ0) is 14.7. The summed E-state index contributed by atoms with van der Waals surface area (Å²) in [6.45, 7) is 2.05. The van der Waals surface area contributed by atoms with Crippen molar-refractivity contribution in [3.63, 3.8) is 0 Å². The van der Waals surface area contributed by atoms with Crippen LogP contribution in [0.15, 0.2) is 40.9 Å². The molecule has 4 heteroatoms. The van der Waals surface area contributed by atoms with Crippen molar-refractivity contribution in [3.8, 4) is 0 Å². The quantitative estimate of drug-likeness (QED) is 0.582. The first-order valence-electron chi connectivity index (χ1n) is 6.27. The van der Waals surface area contributed by atoms with Crippen molar-refractivity contribution in [2.45, 2.75) is 19.8 Å². The lowest BCUT2D eigenvalue weighted by molar-refractivity contribution is 0.0991. The Kier molecular flexibility index (Phi) is 4.65. The number of carbonyl (C=O) groups is 1. The van der Waals surface area contributed by atoms with Gasteiger partial charge in [0.05, 0.1) is 4.47 Å². The molecule has 0 bridgehead atoms. The summed E-state index contributed by atoms with van der Waals surface area (Å²) in [5.41, 5.74) is 2.20. The number of Topliss-reactive ketones (excluding diaryl/α,β-unsaturated/α-hetero) is 1. The van der Waals surface area contributed by atoms with Crippen LogP contribution in [0.25, 0.3) is 0 Å². The Morgan fingerprint density at radius 2 is 1.65 bits per heavy atom. The molecule has 2 aromatic carbocycles. The van der Waals surface area contributed by atoms with Gasteiger partial charge in [0.25, 0.3) is 0 Å². The molecule has 2 aromatic rings. The van der Waals surface area contributed by atoms with Crippen LogP contribution >= 0.6 is 15.9 Å². The predicted molar refractivity (Wildman–Crippen MR) is 77.9 cm³/mol. The fourth-order valence-corrected chi connectivity index (χ4v) is 2.46. The van der Waals surface area contributed by atoms with Gasteiger partial charge in [-0.25, -0.2) is 8.78 Å². The number of hydrogen-bond donors (Lipinski definition) is 0. The first-order valence-corrected chi connectivity index (χ1v) is 7.06. The van der Waals surface area contributed by atoms with E-state index in [0.29, 0.717) is 0 Å². The summed E-state index contributed by atoms with van der Waals surface area (Å²) >= 11 is 2.93. The summed E-state index contributed by atoms with van der Waals surface area (Å²) in [5, 5.41) is 0. The first kappa shape index (κ1) is 14.9. The molecule has 0 aliphatic heterocycles. The number of carbonyl (C=O) groups excluding carboxylic acids is 1. The fraction of sp³-hybridized carbons (Fsp3) is 0.188. The highest BCUT2D eigenvalue weighted by atomic mass is 79.9. The van der Waals surface area contributed by atoms with Crippen LogP contribution in [0.2, 0.25) is 0 Å². The third kappa shape index (κ3) is 3.12. The van der Waals surface area contributed by atoms with E-state index in [9.17, 15) is 13.6 Å². The summed E-state index contributed by atoms with van der Waals surface area (Å²) < 4.78 is 26.3. The maximum Gasteiger partial charge on any atom is 0.173 e. The van der Waals surface area contributed by atoms with Crippen LogP contribution in [0.4, 0.5) is 8.78 Å². The Labute approximate surface area is 124 Å². The van der Waals surface area contributed by atoms with Crippen LogP contribution in [0.5, 0.6) is 0 Å². The highest BCUT2D eigenvalue weighted by molar-refractivity contribution is 9.10. The molecule has 0 atom stereocenters. The van der Waals surface area contributed by atoms with Crippen LogP contribution in [0.1, 0.15) is 28.4 Å². The van der Waals surface area contributed by atoms with E-state index in [4.69, 9.17) is 0 Å². The van der Waals surface area contributed by atoms with Crippen LogP contribution < -0.4 is 0 Å². The molecule has 20 heavy (non-hydrogen) atoms. The van der Waals surface area contributed by atoms with E-state index in [0.717, 1.165) is 18.1 Å². The molecule has 0 aliphatic carbocycles. The van der Waals surface area contributed by atoms with Crippen LogP contribution in [0, 0.1) is 11.6 Å². The normalized spacial score (nSPS) is 10.6. The number of hydrogen-bond acceptors (Lipinski definition) is 1. The molecule has 0 unspecified atom stereocenters. The lowest BCUT2D eigenvalue weighted by Crippen LogP contribution is -2.06. The first-order chi connectivity index (χ1) is 9.52. The fourth-order valence-electron chi connectivity index (χ4n) is 1.91.